The van der Waals surface area contributed by atoms with Gasteiger partial charge in [-0.15, -0.1) is 0 Å². The molecule has 17 heavy (non-hydrogen) atoms. The maximum atomic E-state index is 9.71. The Kier molecular flexibility index (Phi) is 4.26. The van der Waals surface area contributed by atoms with Crippen LogP contribution in [-0.4, -0.2) is 10.2 Å². The molecule has 0 aromatic heterocycles. The summed E-state index contributed by atoms with van der Waals surface area (Å²) in [6.07, 6.45) is 0. The van der Waals surface area contributed by atoms with Gasteiger partial charge in [-0.25, -0.2) is 0 Å². The highest BCUT2D eigenvalue weighted by atomic mass is 127. The lowest BCUT2D eigenvalue weighted by Crippen LogP contribution is -1.86. The van der Waals surface area contributed by atoms with Crippen LogP contribution in [0.5, 0.6) is 5.75 Å². The van der Waals surface area contributed by atoms with Crippen LogP contribution in [0.4, 0.5) is 0 Å². The molecule has 0 heterocycles. The van der Waals surface area contributed by atoms with Gasteiger partial charge in [-0.1, -0.05) is 24.3 Å². The van der Waals surface area contributed by atoms with Gasteiger partial charge in [0.2, 0.25) is 0 Å². The molecule has 0 radical (unpaired) electrons. The van der Waals surface area contributed by atoms with E-state index in [1.807, 2.05) is 36.4 Å². The first kappa shape index (κ1) is 13.1. The Morgan fingerprint density at radius 2 is 1.41 bits per heavy atom. The zero-order valence-corrected chi connectivity index (χ0v) is 13.1. The predicted molar refractivity (Wildman–Crippen MR) is 84.9 cm³/mol. The SMILES string of the molecule is OCc1ccc(-c2cc(I)c(O)c(I)c2)cc1. The molecule has 2 N–H and O–H groups in total. The number of hydrogen-bond acceptors (Lipinski definition) is 2. The van der Waals surface area contributed by atoms with Gasteiger partial charge in [0, 0.05) is 0 Å². The molecule has 0 saturated heterocycles. The molecule has 0 aliphatic heterocycles. The van der Waals surface area contributed by atoms with Gasteiger partial charge in [0.1, 0.15) is 5.75 Å². The van der Waals surface area contributed by atoms with Crippen LogP contribution in [0.1, 0.15) is 5.56 Å². The van der Waals surface area contributed by atoms with E-state index in [0.29, 0.717) is 5.75 Å². The quantitative estimate of drug-likeness (QED) is 0.682. The van der Waals surface area contributed by atoms with Crippen molar-refractivity contribution in [2.45, 2.75) is 6.61 Å². The van der Waals surface area contributed by atoms with E-state index in [-0.39, 0.29) is 6.61 Å². The number of aliphatic hydroxyl groups is 1. The van der Waals surface area contributed by atoms with Crippen molar-refractivity contribution in [2.75, 3.05) is 0 Å². The topological polar surface area (TPSA) is 40.5 Å². The lowest BCUT2D eigenvalue weighted by atomic mass is 10.0. The van der Waals surface area contributed by atoms with E-state index >= 15 is 0 Å². The Labute approximate surface area is 127 Å². The van der Waals surface area contributed by atoms with E-state index in [4.69, 9.17) is 5.11 Å². The van der Waals surface area contributed by atoms with E-state index in [9.17, 15) is 5.11 Å². The monoisotopic (exact) mass is 452 g/mol. The summed E-state index contributed by atoms with van der Waals surface area (Å²) in [4.78, 5) is 0. The summed E-state index contributed by atoms with van der Waals surface area (Å²) in [5.41, 5.74) is 3.05. The predicted octanol–water partition coefficient (Wildman–Crippen LogP) is 3.76. The van der Waals surface area contributed by atoms with Crippen molar-refractivity contribution in [1.29, 1.82) is 0 Å². The van der Waals surface area contributed by atoms with Gasteiger partial charge in [-0.2, -0.15) is 0 Å². The van der Waals surface area contributed by atoms with E-state index in [0.717, 1.165) is 23.8 Å². The fourth-order valence-electron chi connectivity index (χ4n) is 1.53. The third-order valence-electron chi connectivity index (χ3n) is 2.49. The fraction of sp³-hybridized carbons (Fsp3) is 0.0769. The largest absolute Gasteiger partial charge is 0.506 e. The second-order valence-corrected chi connectivity index (χ2v) is 5.97. The van der Waals surface area contributed by atoms with E-state index in [1.54, 1.807) is 0 Å². The van der Waals surface area contributed by atoms with Crippen molar-refractivity contribution < 1.29 is 10.2 Å². The van der Waals surface area contributed by atoms with Crippen LogP contribution in [0.3, 0.4) is 0 Å². The van der Waals surface area contributed by atoms with Crippen molar-refractivity contribution >= 4 is 45.2 Å². The van der Waals surface area contributed by atoms with E-state index in [1.165, 1.54) is 0 Å². The highest BCUT2D eigenvalue weighted by Crippen LogP contribution is 2.32. The summed E-state index contributed by atoms with van der Waals surface area (Å²) < 4.78 is 1.69. The molecule has 0 bridgehead atoms. The Morgan fingerprint density at radius 3 is 1.88 bits per heavy atom. The second-order valence-electron chi connectivity index (χ2n) is 3.64. The van der Waals surface area contributed by atoms with Crippen molar-refractivity contribution in [2.24, 2.45) is 0 Å². The number of aromatic hydroxyl groups is 1. The molecule has 0 aliphatic rings. The number of rotatable bonds is 2. The number of phenols is 1. The lowest BCUT2D eigenvalue weighted by molar-refractivity contribution is 0.282. The molecular formula is C13H10I2O2. The van der Waals surface area contributed by atoms with Crippen LogP contribution in [-0.2, 0) is 6.61 Å². The first-order valence-corrected chi connectivity index (χ1v) is 7.15. The minimum absolute atomic E-state index is 0.0604. The van der Waals surface area contributed by atoms with Gasteiger partial charge in [-0.05, 0) is 74.0 Å². The maximum absolute atomic E-state index is 9.71. The molecule has 0 unspecified atom stereocenters. The normalized spacial score (nSPS) is 10.5. The molecule has 4 heteroatoms. The molecule has 0 fully saturated rings. The summed E-state index contributed by atoms with van der Waals surface area (Å²) in [6, 6.07) is 11.7. The Hall–Kier alpha value is -0.340. The minimum atomic E-state index is 0.0604. The standard InChI is InChI=1S/C13H10I2O2/c14-11-5-10(6-12(15)13(11)17)9-3-1-8(7-16)2-4-9/h1-6,16-17H,7H2. The zero-order chi connectivity index (χ0) is 12.4. The van der Waals surface area contributed by atoms with Gasteiger partial charge in [0.05, 0.1) is 13.7 Å². The van der Waals surface area contributed by atoms with Crippen LogP contribution in [0.15, 0.2) is 36.4 Å². The Balaban J connectivity index is 2.45. The van der Waals surface area contributed by atoms with Crippen molar-refractivity contribution in [1.82, 2.24) is 0 Å². The Morgan fingerprint density at radius 1 is 0.882 bits per heavy atom. The molecule has 0 spiro atoms. The van der Waals surface area contributed by atoms with Crippen LogP contribution < -0.4 is 0 Å². The van der Waals surface area contributed by atoms with E-state index < -0.39 is 0 Å². The third-order valence-corrected chi connectivity index (χ3v) is 4.13. The maximum Gasteiger partial charge on any atom is 0.142 e. The summed E-state index contributed by atoms with van der Waals surface area (Å²) in [6.45, 7) is 0.0604. The van der Waals surface area contributed by atoms with Gasteiger partial charge >= 0.3 is 0 Å². The van der Waals surface area contributed by atoms with E-state index in [2.05, 4.69) is 45.2 Å². The molecule has 0 aliphatic carbocycles. The van der Waals surface area contributed by atoms with Gasteiger partial charge < -0.3 is 10.2 Å². The molecule has 88 valence electrons. The smallest absolute Gasteiger partial charge is 0.142 e. The molecule has 2 rings (SSSR count). The van der Waals surface area contributed by atoms with Crippen molar-refractivity contribution in [3.05, 3.63) is 49.1 Å². The van der Waals surface area contributed by atoms with Gasteiger partial charge in [-0.3, -0.25) is 0 Å². The van der Waals surface area contributed by atoms with Crippen LogP contribution in [0.25, 0.3) is 11.1 Å². The number of hydrogen-bond donors (Lipinski definition) is 2. The lowest BCUT2D eigenvalue weighted by Gasteiger charge is -2.07. The second kappa shape index (κ2) is 5.53. The number of halogens is 2. The molecule has 2 aromatic carbocycles. The van der Waals surface area contributed by atoms with Gasteiger partial charge in [0.25, 0.3) is 0 Å². The summed E-state index contributed by atoms with van der Waals surface area (Å²) in [5, 5.41) is 18.7. The molecule has 0 amide bonds. The highest BCUT2D eigenvalue weighted by Gasteiger charge is 2.07. The molecule has 2 nitrogen and oxygen atoms in total. The molecule has 0 atom stereocenters. The fourth-order valence-corrected chi connectivity index (χ4v) is 3.30. The number of phenolic OH excluding ortho intramolecular Hbond substituents is 1. The van der Waals surface area contributed by atoms with Crippen molar-refractivity contribution in [3.8, 4) is 16.9 Å². The summed E-state index contributed by atoms with van der Waals surface area (Å²) in [7, 11) is 0. The number of aliphatic hydroxyl groups excluding tert-OH is 1. The first-order valence-electron chi connectivity index (χ1n) is 5.00. The van der Waals surface area contributed by atoms with Crippen LogP contribution in [0, 0.1) is 7.14 Å². The zero-order valence-electron chi connectivity index (χ0n) is 8.82. The third kappa shape index (κ3) is 2.92. The minimum Gasteiger partial charge on any atom is -0.506 e. The van der Waals surface area contributed by atoms with Crippen molar-refractivity contribution in [3.63, 3.8) is 0 Å². The average molecular weight is 452 g/mol. The molecule has 0 saturated carbocycles. The number of benzene rings is 2. The molecular weight excluding hydrogens is 442 g/mol. The van der Waals surface area contributed by atoms with Gasteiger partial charge in [0.15, 0.2) is 0 Å². The summed E-state index contributed by atoms with van der Waals surface area (Å²) >= 11 is 4.24. The molecule has 2 aromatic rings. The summed E-state index contributed by atoms with van der Waals surface area (Å²) in [5.74, 6) is 0.335. The highest BCUT2D eigenvalue weighted by molar-refractivity contribution is 14.1. The Bertz CT molecular complexity index is 513. The van der Waals surface area contributed by atoms with Crippen LogP contribution in [0.2, 0.25) is 0 Å². The first-order chi connectivity index (χ1) is 8.11. The van der Waals surface area contributed by atoms with Crippen LogP contribution >= 0.6 is 45.2 Å². The average Bonchev–Trinajstić information content (AvgIpc) is 2.35.